The Morgan fingerprint density at radius 3 is 2.20 bits per heavy atom. The van der Waals surface area contributed by atoms with Crippen molar-refractivity contribution in [2.45, 2.75) is 65.2 Å². The zero-order valence-corrected chi connectivity index (χ0v) is 18.8. The molecule has 2 aromatic carbocycles. The summed E-state index contributed by atoms with van der Waals surface area (Å²) in [5.74, 6) is 1.42. The Labute approximate surface area is 181 Å². The van der Waals surface area contributed by atoms with E-state index in [1.54, 1.807) is 7.11 Å². The molecule has 30 heavy (non-hydrogen) atoms. The van der Waals surface area contributed by atoms with Crippen LogP contribution in [0.2, 0.25) is 0 Å². The molecule has 0 atom stereocenters. The van der Waals surface area contributed by atoms with Crippen molar-refractivity contribution in [1.29, 1.82) is 0 Å². The molecule has 3 rings (SSSR count). The third kappa shape index (κ3) is 5.78. The number of anilines is 1. The standard InChI is InChI=1S/C26H36N2O2/c1-4-6-8-12-18-28(19-13-9-7-5-2)21-16-17-22(25(20-21)29-3)26-27-23-14-10-11-15-24(23)30-26/h10-11,14-17,20H,4-9,12-13,18-19H2,1-3H3. The van der Waals surface area contributed by atoms with Gasteiger partial charge in [0.2, 0.25) is 5.89 Å². The van der Waals surface area contributed by atoms with Gasteiger partial charge in [0.15, 0.2) is 5.58 Å². The third-order valence-corrected chi connectivity index (χ3v) is 5.64. The SMILES string of the molecule is CCCCCCN(CCCCCC)c1ccc(-c2nc3ccccc3o2)c(OC)c1. The van der Waals surface area contributed by atoms with E-state index in [1.165, 1.54) is 57.1 Å². The van der Waals surface area contributed by atoms with E-state index in [1.807, 2.05) is 24.3 Å². The average Bonchev–Trinajstić information content (AvgIpc) is 3.21. The Hall–Kier alpha value is -2.49. The highest BCUT2D eigenvalue weighted by atomic mass is 16.5. The van der Waals surface area contributed by atoms with Crippen LogP contribution in [0.5, 0.6) is 5.75 Å². The second-order valence-electron chi connectivity index (χ2n) is 7.98. The smallest absolute Gasteiger partial charge is 0.231 e. The summed E-state index contributed by atoms with van der Waals surface area (Å²) in [6.45, 7) is 6.71. The molecule has 162 valence electrons. The Morgan fingerprint density at radius 2 is 1.57 bits per heavy atom. The monoisotopic (exact) mass is 408 g/mol. The molecule has 4 heteroatoms. The highest BCUT2D eigenvalue weighted by molar-refractivity contribution is 5.78. The molecule has 1 aromatic heterocycles. The minimum absolute atomic E-state index is 0.608. The van der Waals surface area contributed by atoms with Gasteiger partial charge < -0.3 is 14.1 Å². The molecular weight excluding hydrogens is 372 g/mol. The summed E-state index contributed by atoms with van der Waals surface area (Å²) in [4.78, 5) is 7.16. The number of fused-ring (bicyclic) bond motifs is 1. The number of unbranched alkanes of at least 4 members (excludes halogenated alkanes) is 6. The molecule has 0 fully saturated rings. The minimum atomic E-state index is 0.608. The van der Waals surface area contributed by atoms with E-state index in [0.29, 0.717) is 5.89 Å². The Kier molecular flexibility index (Phi) is 8.61. The summed E-state index contributed by atoms with van der Waals surface area (Å²) in [6, 6.07) is 14.3. The molecule has 0 aliphatic carbocycles. The van der Waals surface area contributed by atoms with E-state index in [4.69, 9.17) is 9.15 Å². The van der Waals surface area contributed by atoms with Gasteiger partial charge in [-0.25, -0.2) is 4.98 Å². The van der Waals surface area contributed by atoms with Crippen LogP contribution in [0.15, 0.2) is 46.9 Å². The maximum Gasteiger partial charge on any atom is 0.231 e. The van der Waals surface area contributed by atoms with E-state index < -0.39 is 0 Å². The first-order valence-corrected chi connectivity index (χ1v) is 11.6. The molecule has 0 spiro atoms. The second-order valence-corrected chi connectivity index (χ2v) is 7.98. The predicted octanol–water partition coefficient (Wildman–Crippen LogP) is 7.47. The molecule has 0 aliphatic rings. The van der Waals surface area contributed by atoms with Crippen LogP contribution in [0.4, 0.5) is 5.69 Å². The number of aromatic nitrogens is 1. The number of rotatable bonds is 13. The first kappa shape index (κ1) is 22.2. The van der Waals surface area contributed by atoms with Crippen molar-refractivity contribution in [3.05, 3.63) is 42.5 Å². The lowest BCUT2D eigenvalue weighted by Crippen LogP contribution is -2.25. The van der Waals surface area contributed by atoms with E-state index >= 15 is 0 Å². The number of hydrogen-bond donors (Lipinski definition) is 0. The van der Waals surface area contributed by atoms with Crippen LogP contribution in [-0.2, 0) is 0 Å². The fraction of sp³-hybridized carbons (Fsp3) is 0.500. The minimum Gasteiger partial charge on any atom is -0.496 e. The lowest BCUT2D eigenvalue weighted by molar-refractivity contribution is 0.414. The highest BCUT2D eigenvalue weighted by Crippen LogP contribution is 2.35. The van der Waals surface area contributed by atoms with Crippen LogP contribution in [0.3, 0.4) is 0 Å². The van der Waals surface area contributed by atoms with Gasteiger partial charge in [-0.2, -0.15) is 0 Å². The van der Waals surface area contributed by atoms with Gasteiger partial charge >= 0.3 is 0 Å². The lowest BCUT2D eigenvalue weighted by atomic mass is 10.1. The summed E-state index contributed by atoms with van der Waals surface area (Å²) in [7, 11) is 1.72. The maximum absolute atomic E-state index is 5.98. The Morgan fingerprint density at radius 1 is 0.867 bits per heavy atom. The van der Waals surface area contributed by atoms with Gasteiger partial charge in [-0.3, -0.25) is 0 Å². The summed E-state index contributed by atoms with van der Waals surface area (Å²) in [6.07, 6.45) is 10.2. The quantitative estimate of drug-likeness (QED) is 0.275. The molecule has 3 aromatic rings. The fourth-order valence-electron chi connectivity index (χ4n) is 3.87. The molecule has 4 nitrogen and oxygen atoms in total. The first-order valence-electron chi connectivity index (χ1n) is 11.6. The number of nitrogens with zero attached hydrogens (tertiary/aromatic N) is 2. The average molecular weight is 409 g/mol. The van der Waals surface area contributed by atoms with Crippen molar-refractivity contribution in [2.24, 2.45) is 0 Å². The summed E-state index contributed by atoms with van der Waals surface area (Å²) in [5, 5.41) is 0. The number of hydrogen-bond acceptors (Lipinski definition) is 4. The zero-order valence-electron chi connectivity index (χ0n) is 18.8. The molecule has 0 aliphatic heterocycles. The molecule has 1 heterocycles. The third-order valence-electron chi connectivity index (χ3n) is 5.64. The molecule has 0 bridgehead atoms. The van der Waals surface area contributed by atoms with Crippen molar-refractivity contribution in [1.82, 2.24) is 4.98 Å². The van der Waals surface area contributed by atoms with Gasteiger partial charge in [0.05, 0.1) is 12.7 Å². The fourth-order valence-corrected chi connectivity index (χ4v) is 3.87. The summed E-state index contributed by atoms with van der Waals surface area (Å²) in [5.41, 5.74) is 3.79. The molecule has 0 radical (unpaired) electrons. The largest absolute Gasteiger partial charge is 0.496 e. The van der Waals surface area contributed by atoms with E-state index in [2.05, 4.69) is 41.9 Å². The number of methoxy groups -OCH3 is 1. The van der Waals surface area contributed by atoms with Crippen molar-refractivity contribution in [2.75, 3.05) is 25.1 Å². The maximum atomic E-state index is 5.98. The number of benzene rings is 2. The second kappa shape index (κ2) is 11.6. The highest BCUT2D eigenvalue weighted by Gasteiger charge is 2.16. The van der Waals surface area contributed by atoms with Crippen molar-refractivity contribution >= 4 is 16.8 Å². The Bertz CT molecular complexity index is 858. The lowest BCUT2D eigenvalue weighted by Gasteiger charge is -2.26. The van der Waals surface area contributed by atoms with Gasteiger partial charge in [-0.05, 0) is 37.1 Å². The van der Waals surface area contributed by atoms with Gasteiger partial charge in [0.1, 0.15) is 11.3 Å². The molecular formula is C26H36N2O2. The first-order chi connectivity index (χ1) is 14.8. The summed E-state index contributed by atoms with van der Waals surface area (Å²) < 4.78 is 11.7. The van der Waals surface area contributed by atoms with Crippen LogP contribution in [0.25, 0.3) is 22.6 Å². The van der Waals surface area contributed by atoms with Gasteiger partial charge in [0, 0.05) is 24.8 Å². The van der Waals surface area contributed by atoms with Crippen LogP contribution in [0, 0.1) is 0 Å². The predicted molar refractivity (Wildman–Crippen MR) is 126 cm³/mol. The van der Waals surface area contributed by atoms with Crippen molar-refractivity contribution in [3.8, 4) is 17.2 Å². The van der Waals surface area contributed by atoms with Crippen LogP contribution >= 0.6 is 0 Å². The molecule has 0 saturated heterocycles. The van der Waals surface area contributed by atoms with Crippen LogP contribution in [0.1, 0.15) is 65.2 Å². The zero-order chi connectivity index (χ0) is 21.2. The van der Waals surface area contributed by atoms with Crippen molar-refractivity contribution < 1.29 is 9.15 Å². The van der Waals surface area contributed by atoms with Gasteiger partial charge in [-0.15, -0.1) is 0 Å². The van der Waals surface area contributed by atoms with E-state index in [-0.39, 0.29) is 0 Å². The number of oxazole rings is 1. The van der Waals surface area contributed by atoms with Crippen LogP contribution < -0.4 is 9.64 Å². The van der Waals surface area contributed by atoms with Crippen molar-refractivity contribution in [3.63, 3.8) is 0 Å². The molecule has 0 N–H and O–H groups in total. The molecule has 0 saturated carbocycles. The number of para-hydroxylation sites is 2. The topological polar surface area (TPSA) is 38.5 Å². The van der Waals surface area contributed by atoms with Crippen LogP contribution in [-0.4, -0.2) is 25.2 Å². The Balaban J connectivity index is 1.80. The van der Waals surface area contributed by atoms with Gasteiger partial charge in [0.25, 0.3) is 0 Å². The molecule has 0 unspecified atom stereocenters. The van der Waals surface area contributed by atoms with E-state index in [0.717, 1.165) is 35.5 Å². The normalized spacial score (nSPS) is 11.2. The molecule has 0 amide bonds. The number of ether oxygens (including phenoxy) is 1. The van der Waals surface area contributed by atoms with Gasteiger partial charge in [-0.1, -0.05) is 64.5 Å². The summed E-state index contributed by atoms with van der Waals surface area (Å²) >= 11 is 0. The van der Waals surface area contributed by atoms with E-state index in [9.17, 15) is 0 Å².